The minimum absolute atomic E-state index is 0.385. The zero-order valence-electron chi connectivity index (χ0n) is 8.16. The Morgan fingerprint density at radius 3 is 2.85 bits per heavy atom. The van der Waals surface area contributed by atoms with E-state index in [0.29, 0.717) is 12.4 Å². The van der Waals surface area contributed by atoms with E-state index in [0.717, 1.165) is 19.4 Å². The highest BCUT2D eigenvalue weighted by Gasteiger charge is 2.21. The fourth-order valence-corrected chi connectivity index (χ4v) is 1.38. The van der Waals surface area contributed by atoms with Crippen LogP contribution in [0.4, 0.5) is 0 Å². The van der Waals surface area contributed by atoms with Gasteiger partial charge in [0, 0.05) is 19.8 Å². The molecule has 0 fully saturated rings. The first kappa shape index (κ1) is 9.89. The summed E-state index contributed by atoms with van der Waals surface area (Å²) in [4.78, 5) is 14.5. The van der Waals surface area contributed by atoms with E-state index in [9.17, 15) is 4.79 Å². The topological polar surface area (TPSA) is 43.8 Å². The Kier molecular flexibility index (Phi) is 3.17. The molecule has 0 atom stereocenters. The fourth-order valence-electron chi connectivity index (χ4n) is 1.38. The Bertz CT molecular complexity index is 226. The quantitative estimate of drug-likeness (QED) is 0.705. The van der Waals surface area contributed by atoms with Crippen molar-refractivity contribution in [2.75, 3.05) is 20.3 Å². The van der Waals surface area contributed by atoms with Gasteiger partial charge in [0.15, 0.2) is 0 Å². The zero-order chi connectivity index (χ0) is 9.84. The van der Waals surface area contributed by atoms with Crippen molar-refractivity contribution in [3.05, 3.63) is 11.9 Å². The largest absolute Gasteiger partial charge is 0.477 e. The van der Waals surface area contributed by atoms with Crippen LogP contribution in [0.2, 0.25) is 0 Å². The number of nitrogens with zero attached hydrogens (tertiary/aromatic N) is 2. The lowest BCUT2D eigenvalue weighted by Gasteiger charge is -2.17. The molecule has 4 heteroatoms. The number of hydrogen-bond acceptors (Lipinski definition) is 3. The lowest BCUT2D eigenvalue weighted by Crippen LogP contribution is -2.25. The maximum Gasteiger partial charge on any atom is 0.353 e. The number of unbranched alkanes of at least 4 members (excludes halogenated alkanes) is 1. The number of carbonyl (C=O) groups is 1. The smallest absolute Gasteiger partial charge is 0.353 e. The summed E-state index contributed by atoms with van der Waals surface area (Å²) in [5.41, 5.74) is 0.385. The molecule has 0 spiro atoms. The molecule has 0 unspecified atom stereocenters. The van der Waals surface area contributed by atoms with Crippen LogP contribution < -0.4 is 0 Å². The Balaban J connectivity index is 2.50. The van der Waals surface area contributed by atoms with Crippen LogP contribution in [0.3, 0.4) is 0 Å². The van der Waals surface area contributed by atoms with Crippen LogP contribution in [0.1, 0.15) is 19.8 Å². The first-order chi connectivity index (χ1) is 6.15. The molecule has 0 aromatic rings. The van der Waals surface area contributed by atoms with Crippen LogP contribution in [0.5, 0.6) is 0 Å². The molecular weight excluding hydrogens is 168 g/mol. The van der Waals surface area contributed by atoms with Gasteiger partial charge in [-0.05, 0) is 6.42 Å². The molecule has 0 amide bonds. The van der Waals surface area contributed by atoms with Gasteiger partial charge in [-0.15, -0.1) is 0 Å². The summed E-state index contributed by atoms with van der Waals surface area (Å²) in [6, 6.07) is 0. The molecule has 0 aromatic heterocycles. The lowest BCUT2D eigenvalue weighted by atomic mass is 10.3. The standard InChI is InChI=1S/C9H16N2O2/c1-3-4-5-11-6-8(9(12)13)10(2)7-11/h6H,3-5,7H2,1-2H3,(H,12,13). The van der Waals surface area contributed by atoms with Gasteiger partial charge in [0.05, 0.1) is 6.67 Å². The highest BCUT2D eigenvalue weighted by Crippen LogP contribution is 2.13. The summed E-state index contributed by atoms with van der Waals surface area (Å²) in [5, 5.41) is 8.79. The second-order valence-electron chi connectivity index (χ2n) is 3.32. The molecule has 1 N–H and O–H groups in total. The van der Waals surface area contributed by atoms with Crippen LogP contribution in [0.25, 0.3) is 0 Å². The number of likely N-dealkylation sites (N-methyl/N-ethyl adjacent to an activating group) is 1. The van der Waals surface area contributed by atoms with Crippen molar-refractivity contribution in [3.63, 3.8) is 0 Å². The first-order valence-electron chi connectivity index (χ1n) is 4.55. The molecule has 0 aliphatic carbocycles. The summed E-state index contributed by atoms with van der Waals surface area (Å²) in [5.74, 6) is -0.846. The van der Waals surface area contributed by atoms with E-state index in [-0.39, 0.29) is 0 Å². The van der Waals surface area contributed by atoms with E-state index in [2.05, 4.69) is 6.92 Å². The average Bonchev–Trinajstić information content (AvgIpc) is 2.43. The van der Waals surface area contributed by atoms with Crippen LogP contribution in [0, 0.1) is 0 Å². The van der Waals surface area contributed by atoms with Crippen LogP contribution in [-0.4, -0.2) is 41.1 Å². The van der Waals surface area contributed by atoms with Gasteiger partial charge in [0.2, 0.25) is 0 Å². The maximum absolute atomic E-state index is 10.7. The van der Waals surface area contributed by atoms with Crippen LogP contribution >= 0.6 is 0 Å². The monoisotopic (exact) mass is 184 g/mol. The summed E-state index contributed by atoms with van der Waals surface area (Å²) < 4.78 is 0. The number of carboxylic acid groups (broad SMARTS) is 1. The van der Waals surface area contributed by atoms with Crippen LogP contribution in [0.15, 0.2) is 11.9 Å². The van der Waals surface area contributed by atoms with Crippen molar-refractivity contribution >= 4 is 5.97 Å². The van der Waals surface area contributed by atoms with Gasteiger partial charge in [-0.1, -0.05) is 13.3 Å². The molecule has 0 aromatic carbocycles. The molecule has 0 radical (unpaired) electrons. The highest BCUT2D eigenvalue weighted by atomic mass is 16.4. The molecule has 1 aliphatic heterocycles. The van der Waals surface area contributed by atoms with Gasteiger partial charge < -0.3 is 14.9 Å². The summed E-state index contributed by atoms with van der Waals surface area (Å²) in [6.45, 7) is 3.76. The fraction of sp³-hybridized carbons (Fsp3) is 0.667. The Labute approximate surface area is 78.4 Å². The minimum Gasteiger partial charge on any atom is -0.477 e. The second kappa shape index (κ2) is 4.16. The zero-order valence-corrected chi connectivity index (χ0v) is 8.16. The van der Waals surface area contributed by atoms with Crippen molar-refractivity contribution < 1.29 is 9.90 Å². The summed E-state index contributed by atoms with van der Waals surface area (Å²) in [6.07, 6.45) is 3.96. The van der Waals surface area contributed by atoms with Gasteiger partial charge in [-0.3, -0.25) is 0 Å². The third-order valence-corrected chi connectivity index (χ3v) is 2.13. The predicted molar refractivity (Wildman–Crippen MR) is 50.0 cm³/mol. The number of carboxylic acids is 1. The van der Waals surface area contributed by atoms with Crippen LogP contribution in [-0.2, 0) is 4.79 Å². The normalized spacial score (nSPS) is 16.3. The third kappa shape index (κ3) is 2.37. The first-order valence-corrected chi connectivity index (χ1v) is 4.55. The molecular formula is C9H16N2O2. The SMILES string of the molecule is CCCCN1C=C(C(=O)O)N(C)C1. The Hall–Kier alpha value is -1.19. The highest BCUT2D eigenvalue weighted by molar-refractivity contribution is 5.86. The lowest BCUT2D eigenvalue weighted by molar-refractivity contribution is -0.134. The average molecular weight is 184 g/mol. The minimum atomic E-state index is -0.846. The van der Waals surface area contributed by atoms with E-state index in [1.165, 1.54) is 0 Å². The molecule has 0 saturated carbocycles. The molecule has 0 saturated heterocycles. The predicted octanol–water partition coefficient (Wildman–Crippen LogP) is 0.917. The van der Waals surface area contributed by atoms with Gasteiger partial charge in [-0.25, -0.2) is 4.79 Å². The van der Waals surface area contributed by atoms with E-state index in [1.807, 2.05) is 4.90 Å². The molecule has 1 aliphatic rings. The molecule has 74 valence electrons. The second-order valence-corrected chi connectivity index (χ2v) is 3.32. The molecule has 1 rings (SSSR count). The molecule has 1 heterocycles. The van der Waals surface area contributed by atoms with Gasteiger partial charge >= 0.3 is 5.97 Å². The van der Waals surface area contributed by atoms with Gasteiger partial charge in [0.25, 0.3) is 0 Å². The van der Waals surface area contributed by atoms with Crippen molar-refractivity contribution in [3.8, 4) is 0 Å². The third-order valence-electron chi connectivity index (χ3n) is 2.13. The molecule has 4 nitrogen and oxygen atoms in total. The summed E-state index contributed by atoms with van der Waals surface area (Å²) >= 11 is 0. The van der Waals surface area contributed by atoms with Crippen molar-refractivity contribution in [2.24, 2.45) is 0 Å². The van der Waals surface area contributed by atoms with Gasteiger partial charge in [0.1, 0.15) is 5.70 Å². The molecule has 13 heavy (non-hydrogen) atoms. The summed E-state index contributed by atoms with van der Waals surface area (Å²) in [7, 11) is 1.80. The van der Waals surface area contributed by atoms with Crippen molar-refractivity contribution in [1.82, 2.24) is 9.80 Å². The maximum atomic E-state index is 10.7. The molecule has 0 bridgehead atoms. The Morgan fingerprint density at radius 2 is 2.38 bits per heavy atom. The number of hydrogen-bond donors (Lipinski definition) is 1. The number of rotatable bonds is 4. The van der Waals surface area contributed by atoms with Crippen molar-refractivity contribution in [2.45, 2.75) is 19.8 Å². The van der Waals surface area contributed by atoms with Gasteiger partial charge in [-0.2, -0.15) is 0 Å². The van der Waals surface area contributed by atoms with E-state index < -0.39 is 5.97 Å². The number of aliphatic carboxylic acids is 1. The van der Waals surface area contributed by atoms with E-state index in [1.54, 1.807) is 18.1 Å². The van der Waals surface area contributed by atoms with E-state index in [4.69, 9.17) is 5.11 Å². The van der Waals surface area contributed by atoms with E-state index >= 15 is 0 Å². The van der Waals surface area contributed by atoms with Crippen molar-refractivity contribution in [1.29, 1.82) is 0 Å². The Morgan fingerprint density at radius 1 is 1.69 bits per heavy atom.